The highest BCUT2D eigenvalue weighted by Gasteiger charge is 2.25. The summed E-state index contributed by atoms with van der Waals surface area (Å²) < 4.78 is 0. The van der Waals surface area contributed by atoms with Crippen LogP contribution >= 0.6 is 0 Å². The molecule has 1 unspecified atom stereocenters. The van der Waals surface area contributed by atoms with Crippen LogP contribution in [0.4, 0.5) is 0 Å². The molecule has 0 aliphatic heterocycles. The summed E-state index contributed by atoms with van der Waals surface area (Å²) in [5.74, 6) is 1.10. The molecule has 3 rings (SSSR count). The van der Waals surface area contributed by atoms with Crippen LogP contribution in [0, 0.1) is 11.8 Å². The summed E-state index contributed by atoms with van der Waals surface area (Å²) in [5.41, 5.74) is 1.17. The van der Waals surface area contributed by atoms with Gasteiger partial charge in [-0.25, -0.2) is 0 Å². The number of Topliss-reactive ketones (excluding diaryl/α,β-unsaturated/α-hetero) is 1. The van der Waals surface area contributed by atoms with Crippen molar-refractivity contribution >= 4 is 22.5 Å². The van der Waals surface area contributed by atoms with Gasteiger partial charge in [0.25, 0.3) is 0 Å². The summed E-state index contributed by atoms with van der Waals surface area (Å²) in [5, 5.41) is 8.91. The van der Waals surface area contributed by atoms with E-state index in [1.54, 1.807) is 6.92 Å². The highest BCUT2D eigenvalue weighted by atomic mass is 16.2. The first-order valence-corrected chi connectivity index (χ1v) is 10.6. The van der Waals surface area contributed by atoms with E-state index in [2.05, 4.69) is 41.0 Å². The minimum Gasteiger partial charge on any atom is -0.354 e. The second-order valence-electron chi connectivity index (χ2n) is 8.07. The van der Waals surface area contributed by atoms with Gasteiger partial charge in [0.15, 0.2) is 0 Å². The Bertz CT molecular complexity index is 809. The number of nitrogens with one attached hydrogen (secondary N) is 2. The Morgan fingerprint density at radius 1 is 1.04 bits per heavy atom. The number of carbonyl (C=O) groups excluding carboxylic acids is 2. The maximum Gasteiger partial charge on any atom is 0.237 e. The van der Waals surface area contributed by atoms with Crippen LogP contribution in [0.25, 0.3) is 10.8 Å². The number of carbonyl (C=O) groups is 2. The van der Waals surface area contributed by atoms with Gasteiger partial charge >= 0.3 is 0 Å². The quantitative estimate of drug-likeness (QED) is 0.731. The summed E-state index contributed by atoms with van der Waals surface area (Å²) in [6.45, 7) is 5.20. The van der Waals surface area contributed by atoms with Crippen molar-refractivity contribution in [2.45, 2.75) is 52.0 Å². The molecular formula is C24H32N2O2. The standard InChI is InChI=1S/C24H32N2O2/c1-3-25-23(15-19-10-13-21-6-4-5-7-22(21)14-19)24(28)26-16-18-8-11-20(12-9-18)17(2)27/h4-7,10,13-14,18,20,23,25H,3,8-9,11-12,15-16H2,1-2H3,(H,26,28). The van der Waals surface area contributed by atoms with E-state index in [9.17, 15) is 9.59 Å². The molecule has 1 aliphatic rings. The van der Waals surface area contributed by atoms with Crippen molar-refractivity contribution < 1.29 is 9.59 Å². The van der Waals surface area contributed by atoms with Gasteiger partial charge < -0.3 is 10.6 Å². The molecule has 2 aromatic carbocycles. The van der Waals surface area contributed by atoms with Gasteiger partial charge in [0.1, 0.15) is 5.78 Å². The molecule has 0 saturated heterocycles. The Hall–Kier alpha value is -2.20. The summed E-state index contributed by atoms with van der Waals surface area (Å²) in [4.78, 5) is 24.3. The number of rotatable bonds is 8. The zero-order chi connectivity index (χ0) is 19.9. The largest absolute Gasteiger partial charge is 0.354 e. The predicted molar refractivity (Wildman–Crippen MR) is 114 cm³/mol. The lowest BCUT2D eigenvalue weighted by atomic mass is 9.80. The van der Waals surface area contributed by atoms with Crippen LogP contribution < -0.4 is 10.6 Å². The molecule has 150 valence electrons. The van der Waals surface area contributed by atoms with E-state index >= 15 is 0 Å². The number of benzene rings is 2. The summed E-state index contributed by atoms with van der Waals surface area (Å²) >= 11 is 0. The first-order valence-electron chi connectivity index (χ1n) is 10.6. The third-order valence-corrected chi connectivity index (χ3v) is 6.01. The average Bonchev–Trinajstić information content (AvgIpc) is 2.72. The van der Waals surface area contributed by atoms with Crippen molar-refractivity contribution in [1.29, 1.82) is 0 Å². The van der Waals surface area contributed by atoms with Crippen molar-refractivity contribution in [2.75, 3.05) is 13.1 Å². The van der Waals surface area contributed by atoms with Crippen LogP contribution in [0.2, 0.25) is 0 Å². The topological polar surface area (TPSA) is 58.2 Å². The van der Waals surface area contributed by atoms with Gasteiger partial charge in [-0.3, -0.25) is 9.59 Å². The highest BCUT2D eigenvalue weighted by Crippen LogP contribution is 2.28. The van der Waals surface area contributed by atoms with Gasteiger partial charge in [0, 0.05) is 12.5 Å². The molecule has 2 N–H and O–H groups in total. The van der Waals surface area contributed by atoms with Gasteiger partial charge in [0.2, 0.25) is 5.91 Å². The smallest absolute Gasteiger partial charge is 0.237 e. The van der Waals surface area contributed by atoms with Gasteiger partial charge in [-0.1, -0.05) is 49.4 Å². The van der Waals surface area contributed by atoms with Gasteiger partial charge in [-0.2, -0.15) is 0 Å². The fraction of sp³-hybridized carbons (Fsp3) is 0.500. The second kappa shape index (κ2) is 9.83. The summed E-state index contributed by atoms with van der Waals surface area (Å²) in [6, 6.07) is 14.5. The third kappa shape index (κ3) is 5.41. The molecule has 4 heteroatoms. The summed E-state index contributed by atoms with van der Waals surface area (Å²) in [6.07, 6.45) is 4.66. The number of hydrogen-bond acceptors (Lipinski definition) is 3. The van der Waals surface area contributed by atoms with Crippen LogP contribution in [-0.2, 0) is 16.0 Å². The van der Waals surface area contributed by atoms with Crippen molar-refractivity contribution in [3.63, 3.8) is 0 Å². The van der Waals surface area contributed by atoms with Crippen molar-refractivity contribution in [2.24, 2.45) is 11.8 Å². The van der Waals surface area contributed by atoms with Gasteiger partial charge in [-0.05, 0) is 67.8 Å². The highest BCUT2D eigenvalue weighted by molar-refractivity contribution is 5.84. The lowest BCUT2D eigenvalue weighted by Gasteiger charge is -2.28. The second-order valence-corrected chi connectivity index (χ2v) is 8.07. The van der Waals surface area contributed by atoms with E-state index in [0.717, 1.165) is 32.2 Å². The zero-order valence-electron chi connectivity index (χ0n) is 17.0. The Kier molecular flexibility index (Phi) is 7.21. The van der Waals surface area contributed by atoms with E-state index in [0.29, 0.717) is 24.7 Å². The fourth-order valence-electron chi connectivity index (χ4n) is 4.25. The molecule has 0 bridgehead atoms. The van der Waals surface area contributed by atoms with Crippen LogP contribution in [0.1, 0.15) is 45.1 Å². The molecule has 1 fully saturated rings. The summed E-state index contributed by atoms with van der Waals surface area (Å²) in [7, 11) is 0. The lowest BCUT2D eigenvalue weighted by molar-refractivity contribution is -0.124. The Morgan fingerprint density at radius 2 is 1.75 bits per heavy atom. The average molecular weight is 381 g/mol. The fourth-order valence-corrected chi connectivity index (χ4v) is 4.25. The van der Waals surface area contributed by atoms with E-state index in [1.807, 2.05) is 19.1 Å². The minimum absolute atomic E-state index is 0.0729. The maximum atomic E-state index is 12.8. The van der Waals surface area contributed by atoms with Gasteiger partial charge in [0.05, 0.1) is 6.04 Å². The molecule has 28 heavy (non-hydrogen) atoms. The first-order chi connectivity index (χ1) is 13.6. The van der Waals surface area contributed by atoms with E-state index < -0.39 is 0 Å². The van der Waals surface area contributed by atoms with Crippen LogP contribution in [0.15, 0.2) is 42.5 Å². The van der Waals surface area contributed by atoms with Crippen LogP contribution in [-0.4, -0.2) is 30.8 Å². The third-order valence-electron chi connectivity index (χ3n) is 6.01. The molecule has 0 radical (unpaired) electrons. The van der Waals surface area contributed by atoms with Crippen molar-refractivity contribution in [3.8, 4) is 0 Å². The molecule has 2 aromatic rings. The molecule has 0 spiro atoms. The Balaban J connectivity index is 1.55. The molecule has 1 saturated carbocycles. The van der Waals surface area contributed by atoms with Gasteiger partial charge in [-0.15, -0.1) is 0 Å². The number of amides is 1. The number of ketones is 1. The number of fused-ring (bicyclic) bond motifs is 1. The zero-order valence-corrected chi connectivity index (χ0v) is 17.0. The SMILES string of the molecule is CCNC(Cc1ccc2ccccc2c1)C(=O)NCC1CCC(C(C)=O)CC1. The lowest BCUT2D eigenvalue weighted by Crippen LogP contribution is -2.47. The first kappa shape index (κ1) is 20.5. The molecule has 0 heterocycles. The molecule has 1 aliphatic carbocycles. The Labute approximate surface area is 168 Å². The molecule has 1 atom stereocenters. The Morgan fingerprint density at radius 3 is 2.43 bits per heavy atom. The molecule has 1 amide bonds. The number of hydrogen-bond donors (Lipinski definition) is 2. The minimum atomic E-state index is -0.222. The predicted octanol–water partition coefficient (Wildman–Crippen LogP) is 3.87. The molecule has 0 aromatic heterocycles. The number of likely N-dealkylation sites (N-methyl/N-ethyl adjacent to an activating group) is 1. The van der Waals surface area contributed by atoms with Crippen LogP contribution in [0.3, 0.4) is 0 Å². The normalized spacial score (nSPS) is 20.6. The van der Waals surface area contributed by atoms with E-state index in [1.165, 1.54) is 16.3 Å². The molecular weight excluding hydrogens is 348 g/mol. The molecule has 4 nitrogen and oxygen atoms in total. The van der Waals surface area contributed by atoms with Crippen molar-refractivity contribution in [1.82, 2.24) is 10.6 Å². The van der Waals surface area contributed by atoms with E-state index in [-0.39, 0.29) is 17.9 Å². The monoisotopic (exact) mass is 380 g/mol. The van der Waals surface area contributed by atoms with Crippen LogP contribution in [0.5, 0.6) is 0 Å². The van der Waals surface area contributed by atoms with E-state index in [4.69, 9.17) is 0 Å². The maximum absolute atomic E-state index is 12.8. The van der Waals surface area contributed by atoms with Crippen molar-refractivity contribution in [3.05, 3.63) is 48.0 Å².